The second-order valence-corrected chi connectivity index (χ2v) is 10.9. The van der Waals surface area contributed by atoms with E-state index in [-0.39, 0.29) is 12.0 Å². The summed E-state index contributed by atoms with van der Waals surface area (Å²) in [5, 5.41) is 7.57. The minimum atomic E-state index is 0.138. The molecular weight excluding hydrogens is 486 g/mol. The van der Waals surface area contributed by atoms with Gasteiger partial charge in [0.2, 0.25) is 0 Å². The van der Waals surface area contributed by atoms with E-state index < -0.39 is 0 Å². The summed E-state index contributed by atoms with van der Waals surface area (Å²) in [6.07, 6.45) is 3.64. The van der Waals surface area contributed by atoms with Gasteiger partial charge in [0.25, 0.3) is 0 Å². The van der Waals surface area contributed by atoms with Gasteiger partial charge in [-0.05, 0) is 42.2 Å². The fraction of sp³-hybridized carbons (Fsp3) is 0.355. The van der Waals surface area contributed by atoms with E-state index in [1.165, 1.54) is 11.3 Å². The Morgan fingerprint density at radius 1 is 0.897 bits per heavy atom. The van der Waals surface area contributed by atoms with E-state index in [1.807, 2.05) is 18.3 Å². The number of nitrogens with one attached hydrogen (secondary N) is 1. The zero-order chi connectivity index (χ0) is 27.4. The van der Waals surface area contributed by atoms with Crippen molar-refractivity contribution in [3.05, 3.63) is 78.2 Å². The zero-order valence-corrected chi connectivity index (χ0v) is 23.2. The Balaban J connectivity index is 0.000000983. The molecule has 0 saturated carbocycles. The molecular formula is C31H37N7O. The van der Waals surface area contributed by atoms with Crippen molar-refractivity contribution in [1.29, 1.82) is 0 Å². The van der Waals surface area contributed by atoms with Gasteiger partial charge in [-0.25, -0.2) is 15.0 Å². The maximum atomic E-state index is 7.57. The van der Waals surface area contributed by atoms with Crippen LogP contribution in [0.4, 0.5) is 5.69 Å². The van der Waals surface area contributed by atoms with Crippen LogP contribution in [0.2, 0.25) is 0 Å². The first-order valence-electron chi connectivity index (χ1n) is 13.6. The third kappa shape index (κ3) is 6.08. The molecule has 0 amide bonds. The summed E-state index contributed by atoms with van der Waals surface area (Å²) in [6, 6.07) is 19.0. The number of aliphatic hydroxyl groups is 1. The third-order valence-corrected chi connectivity index (χ3v) is 6.98. The van der Waals surface area contributed by atoms with Gasteiger partial charge in [0, 0.05) is 51.1 Å². The number of aliphatic hydroxyl groups excluding tert-OH is 1. The number of benzene rings is 2. The third-order valence-electron chi connectivity index (χ3n) is 6.98. The van der Waals surface area contributed by atoms with Crippen LogP contribution in [0.3, 0.4) is 0 Å². The van der Waals surface area contributed by atoms with Crippen molar-refractivity contribution < 1.29 is 5.11 Å². The predicted molar refractivity (Wildman–Crippen MR) is 158 cm³/mol. The second kappa shape index (κ2) is 11.5. The van der Waals surface area contributed by atoms with Crippen LogP contribution in [0.25, 0.3) is 33.6 Å². The summed E-state index contributed by atoms with van der Waals surface area (Å²) in [6.45, 7) is 13.2. The number of rotatable bonds is 4. The van der Waals surface area contributed by atoms with E-state index in [0.29, 0.717) is 5.65 Å². The number of fused-ring (bicyclic) bond motifs is 2. The maximum Gasteiger partial charge on any atom is 0.178 e. The smallest absolute Gasteiger partial charge is 0.178 e. The van der Waals surface area contributed by atoms with Crippen LogP contribution < -0.4 is 4.90 Å². The first-order chi connectivity index (χ1) is 18.9. The van der Waals surface area contributed by atoms with Crippen LogP contribution in [-0.4, -0.2) is 67.7 Å². The Bertz CT molecular complexity index is 1530. The summed E-state index contributed by atoms with van der Waals surface area (Å²) in [7, 11) is 0. The van der Waals surface area contributed by atoms with Crippen LogP contribution in [-0.2, 0) is 12.0 Å². The molecule has 0 aliphatic carbocycles. The van der Waals surface area contributed by atoms with Gasteiger partial charge in [0.15, 0.2) is 5.65 Å². The summed E-state index contributed by atoms with van der Waals surface area (Å²) < 4.78 is 0. The summed E-state index contributed by atoms with van der Waals surface area (Å²) in [5.41, 5.74) is 8.38. The lowest BCUT2D eigenvalue weighted by atomic mass is 9.87. The van der Waals surface area contributed by atoms with E-state index >= 15 is 0 Å². The van der Waals surface area contributed by atoms with Crippen molar-refractivity contribution in [1.82, 2.24) is 29.8 Å². The highest BCUT2D eigenvalue weighted by Crippen LogP contribution is 2.30. The molecule has 3 aromatic heterocycles. The lowest BCUT2D eigenvalue weighted by Crippen LogP contribution is -2.46. The van der Waals surface area contributed by atoms with Crippen molar-refractivity contribution in [2.75, 3.05) is 37.7 Å². The Hall–Kier alpha value is -3.88. The normalized spacial score (nSPS) is 14.4. The molecule has 2 N–H and O–H groups in total. The van der Waals surface area contributed by atoms with Crippen molar-refractivity contribution in [2.24, 2.45) is 0 Å². The topological polar surface area (TPSA) is 94.1 Å². The number of aromatic nitrogens is 5. The van der Waals surface area contributed by atoms with Crippen LogP contribution >= 0.6 is 0 Å². The molecule has 1 aliphatic rings. The zero-order valence-electron chi connectivity index (χ0n) is 23.2. The van der Waals surface area contributed by atoms with Gasteiger partial charge in [-0.1, -0.05) is 51.1 Å². The molecule has 8 heteroatoms. The van der Waals surface area contributed by atoms with Crippen LogP contribution in [0.1, 0.15) is 39.0 Å². The molecule has 4 heterocycles. The van der Waals surface area contributed by atoms with Gasteiger partial charge < -0.3 is 15.0 Å². The summed E-state index contributed by atoms with van der Waals surface area (Å²) in [4.78, 5) is 27.0. The molecule has 202 valence electrons. The number of nitrogens with zero attached hydrogens (tertiary/aromatic N) is 6. The van der Waals surface area contributed by atoms with Crippen molar-refractivity contribution in [3.63, 3.8) is 0 Å². The van der Waals surface area contributed by atoms with Crippen LogP contribution in [0.5, 0.6) is 0 Å². The van der Waals surface area contributed by atoms with Gasteiger partial charge in [0.1, 0.15) is 16.9 Å². The Morgan fingerprint density at radius 3 is 2.36 bits per heavy atom. The number of para-hydroxylation sites is 1. The van der Waals surface area contributed by atoms with Gasteiger partial charge in [-0.2, -0.15) is 0 Å². The molecule has 0 spiro atoms. The Morgan fingerprint density at radius 2 is 1.64 bits per heavy atom. The molecule has 1 saturated heterocycles. The fourth-order valence-corrected chi connectivity index (χ4v) is 4.87. The van der Waals surface area contributed by atoms with Gasteiger partial charge in [0.05, 0.1) is 23.1 Å². The molecule has 0 atom stereocenters. The largest absolute Gasteiger partial charge is 0.397 e. The average molecular weight is 524 g/mol. The SMILES string of the molecule is CC(C)(C)c1ccc(-c2nc3c(N4CCN(Cc5cnc6cccnc6n5)CC4)cccc3[nH]2)cc1.CCO. The second-order valence-electron chi connectivity index (χ2n) is 10.9. The molecule has 1 fully saturated rings. The standard InChI is InChI=1S/C29H31N7.C2H6O/c1-29(2,3)21-11-9-20(10-12-21)27-33-23-6-4-8-25(26(23)34-27)36-16-14-35(15-17-36)19-22-18-31-24-7-5-13-30-28(24)32-22;1-2-3/h4-13,18H,14-17,19H2,1-3H3,(H,33,34);3H,2H2,1H3. The van der Waals surface area contributed by atoms with Gasteiger partial charge >= 0.3 is 0 Å². The molecule has 2 aromatic carbocycles. The molecule has 39 heavy (non-hydrogen) atoms. The molecule has 5 aromatic rings. The Labute approximate surface area is 229 Å². The van der Waals surface area contributed by atoms with Crippen LogP contribution in [0, 0.1) is 0 Å². The highest BCUT2D eigenvalue weighted by molar-refractivity contribution is 5.91. The minimum Gasteiger partial charge on any atom is -0.397 e. The molecule has 1 aliphatic heterocycles. The van der Waals surface area contributed by atoms with Crippen molar-refractivity contribution >= 4 is 27.9 Å². The fourth-order valence-electron chi connectivity index (χ4n) is 4.87. The number of imidazole rings is 1. The van der Waals surface area contributed by atoms with E-state index in [2.05, 4.69) is 88.0 Å². The van der Waals surface area contributed by atoms with E-state index in [1.54, 1.807) is 13.1 Å². The van der Waals surface area contributed by atoms with E-state index in [0.717, 1.165) is 66.4 Å². The molecule has 0 bridgehead atoms. The average Bonchev–Trinajstić information content (AvgIpc) is 3.38. The number of piperazine rings is 1. The highest BCUT2D eigenvalue weighted by Gasteiger charge is 2.21. The quantitative estimate of drug-likeness (QED) is 0.335. The summed E-state index contributed by atoms with van der Waals surface area (Å²) >= 11 is 0. The number of aromatic amines is 1. The maximum absolute atomic E-state index is 7.57. The first kappa shape index (κ1) is 26.7. The van der Waals surface area contributed by atoms with Crippen molar-refractivity contribution in [3.8, 4) is 11.4 Å². The first-order valence-corrected chi connectivity index (χ1v) is 13.6. The number of anilines is 1. The molecule has 6 rings (SSSR count). The lowest BCUT2D eigenvalue weighted by Gasteiger charge is -2.36. The lowest BCUT2D eigenvalue weighted by molar-refractivity contribution is 0.247. The number of H-pyrrole nitrogens is 1. The Kier molecular flexibility index (Phi) is 7.86. The summed E-state index contributed by atoms with van der Waals surface area (Å²) in [5.74, 6) is 0.917. The predicted octanol–water partition coefficient (Wildman–Crippen LogP) is 5.19. The minimum absolute atomic E-state index is 0.138. The molecule has 0 radical (unpaired) electrons. The number of hydrogen-bond donors (Lipinski definition) is 2. The molecule has 0 unspecified atom stereocenters. The highest BCUT2D eigenvalue weighted by atomic mass is 16.2. The van der Waals surface area contributed by atoms with Crippen molar-refractivity contribution in [2.45, 2.75) is 39.7 Å². The van der Waals surface area contributed by atoms with Gasteiger partial charge in [-0.3, -0.25) is 9.88 Å². The number of hydrogen-bond acceptors (Lipinski definition) is 7. The van der Waals surface area contributed by atoms with E-state index in [9.17, 15) is 0 Å². The van der Waals surface area contributed by atoms with Crippen LogP contribution in [0.15, 0.2) is 67.0 Å². The van der Waals surface area contributed by atoms with E-state index in [4.69, 9.17) is 15.1 Å². The monoisotopic (exact) mass is 523 g/mol. The molecule has 8 nitrogen and oxygen atoms in total. The van der Waals surface area contributed by atoms with Gasteiger partial charge in [-0.15, -0.1) is 0 Å². The number of pyridine rings is 1.